The third kappa shape index (κ3) is 2.68. The second-order valence-electron chi connectivity index (χ2n) is 5.26. The average molecular weight is 289 g/mol. The number of likely N-dealkylation sites (tertiary alicyclic amines) is 1. The SMILES string of the molecule is CC1CCCCN1C(=O)CSc1ncc2ccccn12. The van der Waals surface area contributed by atoms with Crippen molar-refractivity contribution in [3.63, 3.8) is 0 Å². The van der Waals surface area contributed by atoms with E-state index in [4.69, 9.17) is 0 Å². The minimum Gasteiger partial charge on any atom is -0.339 e. The quantitative estimate of drug-likeness (QED) is 0.815. The Morgan fingerprint density at radius 1 is 1.45 bits per heavy atom. The summed E-state index contributed by atoms with van der Waals surface area (Å²) in [5.41, 5.74) is 1.06. The molecule has 1 amide bonds. The molecule has 106 valence electrons. The summed E-state index contributed by atoms with van der Waals surface area (Å²) in [6.07, 6.45) is 7.33. The summed E-state index contributed by atoms with van der Waals surface area (Å²) in [7, 11) is 0. The monoisotopic (exact) mass is 289 g/mol. The topological polar surface area (TPSA) is 37.6 Å². The third-order valence-corrected chi connectivity index (χ3v) is 4.80. The standard InChI is InChI=1S/C15H19N3OS/c1-12-6-2-4-8-17(12)14(19)11-20-15-16-10-13-7-3-5-9-18(13)15/h3,5,7,9-10,12H,2,4,6,8,11H2,1H3. The molecule has 1 saturated heterocycles. The Morgan fingerprint density at radius 2 is 2.35 bits per heavy atom. The van der Waals surface area contributed by atoms with Crippen LogP contribution in [0.1, 0.15) is 26.2 Å². The van der Waals surface area contributed by atoms with Gasteiger partial charge in [-0.1, -0.05) is 17.8 Å². The first-order chi connectivity index (χ1) is 9.75. The molecule has 0 radical (unpaired) electrons. The molecule has 1 fully saturated rings. The lowest BCUT2D eigenvalue weighted by Gasteiger charge is -2.33. The van der Waals surface area contributed by atoms with Gasteiger partial charge in [0.05, 0.1) is 17.5 Å². The molecule has 1 aliphatic rings. The lowest BCUT2D eigenvalue weighted by Crippen LogP contribution is -2.42. The summed E-state index contributed by atoms with van der Waals surface area (Å²) in [6.45, 7) is 3.05. The second-order valence-corrected chi connectivity index (χ2v) is 6.20. The van der Waals surface area contributed by atoms with Crippen LogP contribution in [-0.4, -0.2) is 38.5 Å². The molecule has 5 heteroatoms. The van der Waals surface area contributed by atoms with Crippen molar-refractivity contribution in [1.82, 2.24) is 14.3 Å². The number of piperidine rings is 1. The van der Waals surface area contributed by atoms with Gasteiger partial charge in [-0.2, -0.15) is 0 Å². The molecule has 0 N–H and O–H groups in total. The second kappa shape index (κ2) is 5.87. The fourth-order valence-electron chi connectivity index (χ4n) is 2.70. The number of carbonyl (C=O) groups excluding carboxylic acids is 1. The van der Waals surface area contributed by atoms with Gasteiger partial charge in [-0.05, 0) is 38.3 Å². The molecule has 0 saturated carbocycles. The summed E-state index contributed by atoms with van der Waals surface area (Å²) in [5, 5.41) is 0.888. The summed E-state index contributed by atoms with van der Waals surface area (Å²) in [4.78, 5) is 18.7. The zero-order chi connectivity index (χ0) is 13.9. The number of fused-ring (bicyclic) bond motifs is 1. The van der Waals surface area contributed by atoms with Crippen LogP contribution >= 0.6 is 11.8 Å². The van der Waals surface area contributed by atoms with E-state index in [1.807, 2.05) is 39.9 Å². The van der Waals surface area contributed by atoms with Gasteiger partial charge in [0.25, 0.3) is 0 Å². The van der Waals surface area contributed by atoms with Gasteiger partial charge >= 0.3 is 0 Å². The van der Waals surface area contributed by atoms with E-state index < -0.39 is 0 Å². The summed E-state index contributed by atoms with van der Waals surface area (Å²) in [6, 6.07) is 6.37. The van der Waals surface area contributed by atoms with Gasteiger partial charge in [-0.3, -0.25) is 9.20 Å². The van der Waals surface area contributed by atoms with E-state index in [2.05, 4.69) is 11.9 Å². The van der Waals surface area contributed by atoms with Crippen molar-refractivity contribution in [2.24, 2.45) is 0 Å². The molecule has 1 atom stereocenters. The maximum absolute atomic E-state index is 12.3. The number of imidazole rings is 1. The maximum atomic E-state index is 12.3. The van der Waals surface area contributed by atoms with E-state index in [0.29, 0.717) is 11.8 Å². The molecule has 20 heavy (non-hydrogen) atoms. The Hall–Kier alpha value is -1.49. The van der Waals surface area contributed by atoms with Crippen LogP contribution in [0.5, 0.6) is 0 Å². The van der Waals surface area contributed by atoms with Crippen LogP contribution in [0.15, 0.2) is 35.7 Å². The van der Waals surface area contributed by atoms with Gasteiger partial charge in [0.2, 0.25) is 5.91 Å². The fraction of sp³-hybridized carbons (Fsp3) is 0.467. The van der Waals surface area contributed by atoms with E-state index in [9.17, 15) is 4.79 Å². The van der Waals surface area contributed by atoms with Crippen molar-refractivity contribution < 1.29 is 4.79 Å². The molecule has 2 aromatic heterocycles. The van der Waals surface area contributed by atoms with Crippen molar-refractivity contribution in [3.8, 4) is 0 Å². The minimum absolute atomic E-state index is 0.231. The Balaban J connectivity index is 1.65. The summed E-state index contributed by atoms with van der Waals surface area (Å²) < 4.78 is 2.03. The molecule has 3 rings (SSSR count). The molecule has 1 unspecified atom stereocenters. The fourth-order valence-corrected chi connectivity index (χ4v) is 3.55. The van der Waals surface area contributed by atoms with E-state index in [0.717, 1.165) is 30.1 Å². The van der Waals surface area contributed by atoms with Crippen molar-refractivity contribution in [2.75, 3.05) is 12.3 Å². The van der Waals surface area contributed by atoms with Crippen molar-refractivity contribution in [2.45, 2.75) is 37.4 Å². The molecule has 4 nitrogen and oxygen atoms in total. The molecular formula is C15H19N3OS. The molecule has 3 heterocycles. The number of rotatable bonds is 3. The molecule has 0 aromatic carbocycles. The number of hydrogen-bond donors (Lipinski definition) is 0. The first-order valence-corrected chi connectivity index (χ1v) is 8.08. The van der Waals surface area contributed by atoms with Crippen LogP contribution in [0, 0.1) is 0 Å². The lowest BCUT2D eigenvalue weighted by molar-refractivity contribution is -0.131. The normalized spacial score (nSPS) is 19.4. The van der Waals surface area contributed by atoms with Crippen LogP contribution in [0.3, 0.4) is 0 Å². The zero-order valence-corrected chi connectivity index (χ0v) is 12.5. The van der Waals surface area contributed by atoms with Crippen molar-refractivity contribution in [1.29, 1.82) is 0 Å². The van der Waals surface area contributed by atoms with E-state index in [1.54, 1.807) is 0 Å². The number of pyridine rings is 1. The largest absolute Gasteiger partial charge is 0.339 e. The van der Waals surface area contributed by atoms with Crippen molar-refractivity contribution >= 4 is 23.2 Å². The van der Waals surface area contributed by atoms with Crippen LogP contribution in [0.4, 0.5) is 0 Å². The van der Waals surface area contributed by atoms with Gasteiger partial charge in [0.1, 0.15) is 0 Å². The summed E-state index contributed by atoms with van der Waals surface area (Å²) in [5.74, 6) is 0.702. The number of amides is 1. The third-order valence-electron chi connectivity index (χ3n) is 3.85. The Morgan fingerprint density at radius 3 is 3.20 bits per heavy atom. The van der Waals surface area contributed by atoms with Crippen molar-refractivity contribution in [3.05, 3.63) is 30.6 Å². The first-order valence-electron chi connectivity index (χ1n) is 7.10. The lowest BCUT2D eigenvalue weighted by atomic mass is 10.0. The number of carbonyl (C=O) groups is 1. The highest BCUT2D eigenvalue weighted by molar-refractivity contribution is 7.99. The molecular weight excluding hydrogens is 270 g/mol. The molecule has 0 spiro atoms. The highest BCUT2D eigenvalue weighted by Crippen LogP contribution is 2.21. The number of thioether (sulfide) groups is 1. The Bertz CT molecular complexity index is 610. The van der Waals surface area contributed by atoms with Crippen LogP contribution in [0.25, 0.3) is 5.52 Å². The zero-order valence-electron chi connectivity index (χ0n) is 11.7. The van der Waals surface area contributed by atoms with Gasteiger partial charge in [0.15, 0.2) is 5.16 Å². The Kier molecular flexibility index (Phi) is 3.96. The molecule has 2 aromatic rings. The number of hydrogen-bond acceptors (Lipinski definition) is 3. The molecule has 0 aliphatic carbocycles. The number of nitrogens with zero attached hydrogens (tertiary/aromatic N) is 3. The van der Waals surface area contributed by atoms with Gasteiger partial charge in [0, 0.05) is 18.8 Å². The highest BCUT2D eigenvalue weighted by Gasteiger charge is 2.23. The van der Waals surface area contributed by atoms with E-state index >= 15 is 0 Å². The predicted molar refractivity (Wildman–Crippen MR) is 80.9 cm³/mol. The first kappa shape index (κ1) is 13.5. The molecule has 1 aliphatic heterocycles. The Labute approximate surface area is 123 Å². The van der Waals surface area contributed by atoms with Crippen LogP contribution in [0.2, 0.25) is 0 Å². The van der Waals surface area contributed by atoms with Gasteiger partial charge in [-0.25, -0.2) is 4.98 Å². The summed E-state index contributed by atoms with van der Waals surface area (Å²) >= 11 is 1.52. The van der Waals surface area contributed by atoms with Crippen LogP contribution < -0.4 is 0 Å². The van der Waals surface area contributed by atoms with E-state index in [-0.39, 0.29) is 5.91 Å². The predicted octanol–water partition coefficient (Wildman–Crippen LogP) is 2.83. The van der Waals surface area contributed by atoms with Gasteiger partial charge in [-0.15, -0.1) is 0 Å². The smallest absolute Gasteiger partial charge is 0.233 e. The average Bonchev–Trinajstić information content (AvgIpc) is 2.88. The number of aromatic nitrogens is 2. The minimum atomic E-state index is 0.231. The molecule has 0 bridgehead atoms. The van der Waals surface area contributed by atoms with E-state index in [1.165, 1.54) is 18.2 Å². The maximum Gasteiger partial charge on any atom is 0.233 e. The highest BCUT2D eigenvalue weighted by atomic mass is 32.2. The van der Waals surface area contributed by atoms with Crippen LogP contribution in [-0.2, 0) is 4.79 Å². The van der Waals surface area contributed by atoms with Gasteiger partial charge < -0.3 is 4.90 Å².